The molecule has 0 aliphatic carbocycles. The average molecular weight is 298 g/mol. The molecule has 4 atom stereocenters. The second-order valence-electron chi connectivity index (χ2n) is 8.25. The van der Waals surface area contributed by atoms with E-state index in [0.29, 0.717) is 26.4 Å². The van der Waals surface area contributed by atoms with E-state index in [0.717, 1.165) is 0 Å². The van der Waals surface area contributed by atoms with Crippen LogP contribution in [0.5, 0.6) is 0 Å². The van der Waals surface area contributed by atoms with Crippen molar-refractivity contribution in [1.29, 1.82) is 0 Å². The van der Waals surface area contributed by atoms with Gasteiger partial charge >= 0.3 is 0 Å². The highest BCUT2D eigenvalue weighted by Crippen LogP contribution is 2.60. The van der Waals surface area contributed by atoms with Gasteiger partial charge in [-0.15, -0.1) is 0 Å². The molecule has 0 aromatic rings. The van der Waals surface area contributed by atoms with Crippen LogP contribution in [0.1, 0.15) is 41.5 Å². The van der Waals surface area contributed by atoms with Gasteiger partial charge in [-0.1, -0.05) is 0 Å². The molecule has 5 heteroatoms. The van der Waals surface area contributed by atoms with Crippen molar-refractivity contribution < 1.29 is 23.7 Å². The first-order valence-corrected chi connectivity index (χ1v) is 7.79. The molecule has 21 heavy (non-hydrogen) atoms. The summed E-state index contributed by atoms with van der Waals surface area (Å²) in [5.74, 6) is 0. The van der Waals surface area contributed by atoms with Crippen molar-refractivity contribution in [1.82, 2.24) is 0 Å². The zero-order valence-corrected chi connectivity index (χ0v) is 13.9. The second kappa shape index (κ2) is 3.49. The highest BCUT2D eigenvalue weighted by atomic mass is 16.7. The molecule has 4 unspecified atom stereocenters. The maximum atomic E-state index is 6.83. The minimum Gasteiger partial charge on any atom is -0.367 e. The number of hydrogen-bond donors (Lipinski definition) is 0. The fraction of sp³-hybridized carbons (Fsp3) is 1.00. The van der Waals surface area contributed by atoms with Gasteiger partial charge in [-0.05, 0) is 41.5 Å². The van der Waals surface area contributed by atoms with Gasteiger partial charge in [-0.2, -0.15) is 0 Å². The number of rotatable bonds is 6. The SMILES string of the molecule is CC1(C(C)(OC(C)(C2(C)CO2)C2(C)CO2)C2(C)CO2)CO1. The summed E-state index contributed by atoms with van der Waals surface area (Å²) in [5, 5.41) is 0. The Kier molecular flexibility index (Phi) is 2.39. The molecule has 4 aliphatic heterocycles. The molecule has 0 spiro atoms. The van der Waals surface area contributed by atoms with E-state index in [-0.39, 0.29) is 22.4 Å². The van der Waals surface area contributed by atoms with E-state index in [1.54, 1.807) is 0 Å². The van der Waals surface area contributed by atoms with Crippen LogP contribution >= 0.6 is 0 Å². The maximum absolute atomic E-state index is 6.83. The molecule has 4 rings (SSSR count). The molecule has 0 aromatic carbocycles. The molecule has 4 saturated heterocycles. The van der Waals surface area contributed by atoms with Gasteiger partial charge in [-0.3, -0.25) is 0 Å². The van der Waals surface area contributed by atoms with E-state index in [4.69, 9.17) is 23.7 Å². The topological polar surface area (TPSA) is 59.4 Å². The summed E-state index contributed by atoms with van der Waals surface area (Å²) in [6.07, 6.45) is 0. The van der Waals surface area contributed by atoms with Crippen LogP contribution < -0.4 is 0 Å². The minimum absolute atomic E-state index is 0.310. The van der Waals surface area contributed by atoms with Crippen LogP contribution in [0, 0.1) is 0 Å². The van der Waals surface area contributed by atoms with Crippen LogP contribution in [-0.2, 0) is 23.7 Å². The van der Waals surface area contributed by atoms with Gasteiger partial charge < -0.3 is 23.7 Å². The number of ether oxygens (including phenoxy) is 5. The predicted molar refractivity (Wildman–Crippen MR) is 75.3 cm³/mol. The maximum Gasteiger partial charge on any atom is 0.128 e. The summed E-state index contributed by atoms with van der Waals surface area (Å²) in [4.78, 5) is 0. The van der Waals surface area contributed by atoms with Gasteiger partial charge in [0.15, 0.2) is 0 Å². The Balaban J connectivity index is 1.71. The molecule has 120 valence electrons. The van der Waals surface area contributed by atoms with E-state index in [2.05, 4.69) is 41.5 Å². The normalized spacial score (nSPS) is 56.3. The molecule has 0 aromatic heterocycles. The standard InChI is InChI=1S/C16H26O5/c1-11(7-17-11)15(5,12(2)8-18-12)21-16(6,13(3)9-19-13)14(4)10-20-14/h7-10H2,1-6H3. The molecule has 0 radical (unpaired) electrons. The first-order chi connectivity index (χ1) is 9.54. The third-order valence-corrected chi connectivity index (χ3v) is 6.75. The summed E-state index contributed by atoms with van der Waals surface area (Å²) in [6, 6.07) is 0. The first-order valence-electron chi connectivity index (χ1n) is 7.79. The lowest BCUT2D eigenvalue weighted by atomic mass is 9.75. The number of hydrogen-bond acceptors (Lipinski definition) is 5. The van der Waals surface area contributed by atoms with Crippen LogP contribution in [0.25, 0.3) is 0 Å². The highest BCUT2D eigenvalue weighted by Gasteiger charge is 2.77. The molecule has 5 nitrogen and oxygen atoms in total. The van der Waals surface area contributed by atoms with Gasteiger partial charge in [0.2, 0.25) is 0 Å². The third-order valence-electron chi connectivity index (χ3n) is 6.75. The number of epoxide rings is 4. The van der Waals surface area contributed by atoms with E-state index < -0.39 is 11.2 Å². The molecule has 4 fully saturated rings. The van der Waals surface area contributed by atoms with Gasteiger partial charge in [0.25, 0.3) is 0 Å². The van der Waals surface area contributed by atoms with Crippen LogP contribution in [0.4, 0.5) is 0 Å². The summed E-state index contributed by atoms with van der Waals surface area (Å²) in [7, 11) is 0. The van der Waals surface area contributed by atoms with Crippen LogP contribution in [0.3, 0.4) is 0 Å². The molecule has 4 aliphatic rings. The summed E-state index contributed by atoms with van der Waals surface area (Å²) >= 11 is 0. The molecular weight excluding hydrogens is 272 g/mol. The minimum atomic E-state index is -0.529. The van der Waals surface area contributed by atoms with Crippen molar-refractivity contribution in [2.24, 2.45) is 0 Å². The lowest BCUT2D eigenvalue weighted by molar-refractivity contribution is -0.238. The first kappa shape index (κ1) is 14.4. The predicted octanol–water partition coefficient (Wildman–Crippen LogP) is 1.68. The van der Waals surface area contributed by atoms with Gasteiger partial charge in [0.05, 0.1) is 26.4 Å². The summed E-state index contributed by atoms with van der Waals surface area (Å²) < 4.78 is 29.8. The van der Waals surface area contributed by atoms with E-state index >= 15 is 0 Å². The zero-order chi connectivity index (χ0) is 15.4. The van der Waals surface area contributed by atoms with Crippen molar-refractivity contribution in [3.8, 4) is 0 Å². The molecule has 4 heterocycles. The molecule has 0 saturated carbocycles. The van der Waals surface area contributed by atoms with Gasteiger partial charge in [-0.25, -0.2) is 0 Å². The monoisotopic (exact) mass is 298 g/mol. The van der Waals surface area contributed by atoms with Crippen molar-refractivity contribution in [2.45, 2.75) is 75.1 Å². The summed E-state index contributed by atoms with van der Waals surface area (Å²) in [5.41, 5.74) is -2.30. The Morgan fingerprint density at radius 2 is 0.810 bits per heavy atom. The lowest BCUT2D eigenvalue weighted by Crippen LogP contribution is -2.65. The highest BCUT2D eigenvalue weighted by molar-refractivity contribution is 5.25. The smallest absolute Gasteiger partial charge is 0.128 e. The molecular formula is C16H26O5. The Morgan fingerprint density at radius 1 is 0.619 bits per heavy atom. The largest absolute Gasteiger partial charge is 0.367 e. The van der Waals surface area contributed by atoms with Crippen molar-refractivity contribution in [3.05, 3.63) is 0 Å². The fourth-order valence-electron chi connectivity index (χ4n) is 3.49. The van der Waals surface area contributed by atoms with Crippen molar-refractivity contribution >= 4 is 0 Å². The fourth-order valence-corrected chi connectivity index (χ4v) is 3.49. The Hall–Kier alpha value is -0.200. The summed E-state index contributed by atoms with van der Waals surface area (Å²) in [6.45, 7) is 15.5. The Labute approximate surface area is 126 Å². The molecule has 0 amide bonds. The van der Waals surface area contributed by atoms with Crippen LogP contribution in [0.2, 0.25) is 0 Å². The quantitative estimate of drug-likeness (QED) is 0.698. The lowest BCUT2D eigenvalue weighted by Gasteiger charge is -2.48. The Morgan fingerprint density at radius 3 is 0.952 bits per heavy atom. The van der Waals surface area contributed by atoms with E-state index in [1.807, 2.05) is 0 Å². The van der Waals surface area contributed by atoms with Crippen LogP contribution in [0.15, 0.2) is 0 Å². The zero-order valence-electron chi connectivity index (χ0n) is 13.9. The van der Waals surface area contributed by atoms with Gasteiger partial charge in [0.1, 0.15) is 33.6 Å². The van der Waals surface area contributed by atoms with Crippen LogP contribution in [-0.4, -0.2) is 60.0 Å². The second-order valence-corrected chi connectivity index (χ2v) is 8.25. The molecule has 0 N–H and O–H groups in total. The van der Waals surface area contributed by atoms with E-state index in [9.17, 15) is 0 Å². The average Bonchev–Trinajstić information content (AvgIpc) is 3.20. The van der Waals surface area contributed by atoms with E-state index in [1.165, 1.54) is 0 Å². The van der Waals surface area contributed by atoms with Crippen molar-refractivity contribution in [3.63, 3.8) is 0 Å². The third kappa shape index (κ3) is 1.64. The van der Waals surface area contributed by atoms with Gasteiger partial charge in [0, 0.05) is 0 Å². The van der Waals surface area contributed by atoms with Crippen molar-refractivity contribution in [2.75, 3.05) is 26.4 Å². The Bertz CT molecular complexity index is 403. The molecule has 0 bridgehead atoms.